The van der Waals surface area contributed by atoms with Gasteiger partial charge >= 0.3 is 0 Å². The normalized spacial score (nSPS) is 17.7. The maximum absolute atomic E-state index is 13.1. The van der Waals surface area contributed by atoms with E-state index in [-0.39, 0.29) is 30.0 Å². The standard InChI is InChI=1S/C20H20ClN5O3S/c21-18-9-5-4-8-17(18)20-22-24-26(23-20)13-19(27)25(12-15-6-2-1-3-7-15)16-10-11-30(28,29)14-16/h1-9,16H,10-14H2/t16-/m1/s1. The number of hydrogen-bond acceptors (Lipinski definition) is 6. The molecule has 1 atom stereocenters. The first-order valence-electron chi connectivity index (χ1n) is 9.48. The van der Waals surface area contributed by atoms with E-state index in [0.717, 1.165) is 5.56 Å². The lowest BCUT2D eigenvalue weighted by molar-refractivity contribution is -0.134. The lowest BCUT2D eigenvalue weighted by Gasteiger charge is -2.28. The van der Waals surface area contributed by atoms with Gasteiger partial charge in [0.15, 0.2) is 9.84 Å². The van der Waals surface area contributed by atoms with Crippen molar-refractivity contribution >= 4 is 27.3 Å². The highest BCUT2D eigenvalue weighted by Crippen LogP contribution is 2.24. The van der Waals surface area contributed by atoms with Crippen LogP contribution in [0, 0.1) is 0 Å². The van der Waals surface area contributed by atoms with Crippen LogP contribution in [0.25, 0.3) is 11.4 Å². The van der Waals surface area contributed by atoms with Crippen LogP contribution in [-0.2, 0) is 27.7 Å². The van der Waals surface area contributed by atoms with Crippen molar-refractivity contribution in [3.8, 4) is 11.4 Å². The van der Waals surface area contributed by atoms with Gasteiger partial charge in [0.05, 0.1) is 16.5 Å². The Morgan fingerprint density at radius 1 is 1.13 bits per heavy atom. The number of aromatic nitrogens is 4. The molecule has 0 saturated carbocycles. The summed E-state index contributed by atoms with van der Waals surface area (Å²) in [5, 5.41) is 12.7. The summed E-state index contributed by atoms with van der Waals surface area (Å²) in [4.78, 5) is 15.9. The number of halogens is 1. The second kappa shape index (κ2) is 8.53. The van der Waals surface area contributed by atoms with E-state index >= 15 is 0 Å². The number of amides is 1. The third kappa shape index (κ3) is 4.68. The lowest BCUT2D eigenvalue weighted by atomic mass is 10.1. The van der Waals surface area contributed by atoms with Gasteiger partial charge in [-0.2, -0.15) is 4.80 Å². The average Bonchev–Trinajstić information content (AvgIpc) is 3.33. The van der Waals surface area contributed by atoms with E-state index in [1.807, 2.05) is 36.4 Å². The molecule has 1 saturated heterocycles. The Morgan fingerprint density at radius 2 is 1.87 bits per heavy atom. The second-order valence-corrected chi connectivity index (χ2v) is 9.82. The number of carbonyl (C=O) groups is 1. The molecule has 4 rings (SSSR count). The third-order valence-electron chi connectivity index (χ3n) is 5.01. The first-order valence-corrected chi connectivity index (χ1v) is 11.7. The number of rotatable bonds is 6. The quantitative estimate of drug-likeness (QED) is 0.577. The van der Waals surface area contributed by atoms with Crippen molar-refractivity contribution in [2.45, 2.75) is 25.6 Å². The van der Waals surface area contributed by atoms with Crippen LogP contribution in [0.2, 0.25) is 5.02 Å². The maximum atomic E-state index is 13.1. The SMILES string of the molecule is O=C(Cn1nnc(-c2ccccc2Cl)n1)N(Cc1ccccc1)[C@@H]1CCS(=O)(=O)C1. The van der Waals surface area contributed by atoms with E-state index in [0.29, 0.717) is 29.4 Å². The van der Waals surface area contributed by atoms with E-state index in [2.05, 4.69) is 15.4 Å². The number of benzene rings is 2. The fourth-order valence-corrected chi connectivity index (χ4v) is 5.45. The van der Waals surface area contributed by atoms with Crippen LogP contribution >= 0.6 is 11.6 Å². The van der Waals surface area contributed by atoms with E-state index in [4.69, 9.17) is 11.6 Å². The monoisotopic (exact) mass is 445 g/mol. The molecule has 0 aliphatic carbocycles. The maximum Gasteiger partial charge on any atom is 0.246 e. The van der Waals surface area contributed by atoms with Crippen molar-refractivity contribution in [3.63, 3.8) is 0 Å². The number of tetrazole rings is 1. The number of hydrogen-bond donors (Lipinski definition) is 0. The number of carbonyl (C=O) groups excluding carboxylic acids is 1. The summed E-state index contributed by atoms with van der Waals surface area (Å²) >= 11 is 6.18. The van der Waals surface area contributed by atoms with Gasteiger partial charge in [-0.15, -0.1) is 10.2 Å². The van der Waals surface area contributed by atoms with Gasteiger partial charge in [0.25, 0.3) is 0 Å². The zero-order chi connectivity index (χ0) is 21.1. The molecular weight excluding hydrogens is 426 g/mol. The van der Waals surface area contributed by atoms with Gasteiger partial charge in [0.1, 0.15) is 6.54 Å². The Hall–Kier alpha value is -2.78. The summed E-state index contributed by atoms with van der Waals surface area (Å²) in [6.45, 7) is 0.187. The fourth-order valence-electron chi connectivity index (χ4n) is 3.49. The minimum Gasteiger partial charge on any atom is -0.333 e. The second-order valence-electron chi connectivity index (χ2n) is 7.19. The molecule has 2 heterocycles. The Morgan fingerprint density at radius 3 is 2.57 bits per heavy atom. The minimum atomic E-state index is -3.13. The molecule has 0 unspecified atom stereocenters. The van der Waals surface area contributed by atoms with Crippen LogP contribution in [0.5, 0.6) is 0 Å². The van der Waals surface area contributed by atoms with E-state index < -0.39 is 9.84 Å². The molecule has 1 aliphatic rings. The lowest BCUT2D eigenvalue weighted by Crippen LogP contribution is -2.42. The molecule has 0 N–H and O–H groups in total. The third-order valence-corrected chi connectivity index (χ3v) is 7.09. The average molecular weight is 446 g/mol. The molecular formula is C20H20ClN5O3S. The number of nitrogens with zero attached hydrogens (tertiary/aromatic N) is 5. The first-order chi connectivity index (χ1) is 14.4. The number of sulfone groups is 1. The van der Waals surface area contributed by atoms with Gasteiger partial charge in [-0.05, 0) is 29.3 Å². The zero-order valence-electron chi connectivity index (χ0n) is 16.1. The van der Waals surface area contributed by atoms with Gasteiger partial charge < -0.3 is 4.90 Å². The first kappa shape index (κ1) is 20.5. The molecule has 1 fully saturated rings. The molecule has 10 heteroatoms. The molecule has 1 aromatic heterocycles. The molecule has 30 heavy (non-hydrogen) atoms. The van der Waals surface area contributed by atoms with E-state index in [1.165, 1.54) is 4.80 Å². The molecule has 156 valence electrons. The highest BCUT2D eigenvalue weighted by molar-refractivity contribution is 7.91. The highest BCUT2D eigenvalue weighted by Gasteiger charge is 2.35. The topological polar surface area (TPSA) is 98.1 Å². The molecule has 2 aromatic carbocycles. The molecule has 8 nitrogen and oxygen atoms in total. The molecule has 3 aromatic rings. The zero-order valence-corrected chi connectivity index (χ0v) is 17.6. The smallest absolute Gasteiger partial charge is 0.246 e. The van der Waals surface area contributed by atoms with Crippen molar-refractivity contribution in [3.05, 3.63) is 65.2 Å². The van der Waals surface area contributed by atoms with Crippen LogP contribution in [-0.4, -0.2) is 57.0 Å². The van der Waals surface area contributed by atoms with Crippen LogP contribution in [0.15, 0.2) is 54.6 Å². The minimum absolute atomic E-state index is 0.0266. The molecule has 1 aliphatic heterocycles. The van der Waals surface area contributed by atoms with Crippen molar-refractivity contribution in [1.29, 1.82) is 0 Å². The summed E-state index contributed by atoms with van der Waals surface area (Å²) in [6, 6.07) is 16.2. The fraction of sp³-hybridized carbons (Fsp3) is 0.300. The summed E-state index contributed by atoms with van der Waals surface area (Å²) in [5.41, 5.74) is 1.55. The van der Waals surface area contributed by atoms with Gasteiger partial charge in [-0.25, -0.2) is 8.42 Å². The Kier molecular flexibility index (Phi) is 5.83. The molecule has 1 amide bonds. The van der Waals surface area contributed by atoms with Crippen LogP contribution in [0.1, 0.15) is 12.0 Å². The van der Waals surface area contributed by atoms with Gasteiger partial charge in [0, 0.05) is 18.2 Å². The Bertz CT molecular complexity index is 1150. The van der Waals surface area contributed by atoms with E-state index in [1.54, 1.807) is 23.1 Å². The van der Waals surface area contributed by atoms with E-state index in [9.17, 15) is 13.2 Å². The Balaban J connectivity index is 1.54. The predicted molar refractivity (Wildman–Crippen MR) is 112 cm³/mol. The molecule has 0 spiro atoms. The van der Waals surface area contributed by atoms with Crippen LogP contribution < -0.4 is 0 Å². The van der Waals surface area contributed by atoms with Gasteiger partial charge in [0.2, 0.25) is 11.7 Å². The molecule has 0 radical (unpaired) electrons. The summed E-state index contributed by atoms with van der Waals surface area (Å²) in [5.74, 6) is 0.130. The van der Waals surface area contributed by atoms with Crippen LogP contribution in [0.4, 0.5) is 0 Å². The summed E-state index contributed by atoms with van der Waals surface area (Å²) < 4.78 is 24.0. The largest absolute Gasteiger partial charge is 0.333 e. The Labute approximate surface area is 179 Å². The summed E-state index contributed by atoms with van der Waals surface area (Å²) in [7, 11) is -3.13. The molecule has 0 bridgehead atoms. The van der Waals surface area contributed by atoms with Gasteiger partial charge in [-0.1, -0.05) is 54.1 Å². The van der Waals surface area contributed by atoms with Crippen molar-refractivity contribution in [2.75, 3.05) is 11.5 Å². The predicted octanol–water partition coefficient (Wildman–Crippen LogP) is 2.21. The summed E-state index contributed by atoms with van der Waals surface area (Å²) in [6.07, 6.45) is 0.427. The van der Waals surface area contributed by atoms with Gasteiger partial charge in [-0.3, -0.25) is 4.79 Å². The van der Waals surface area contributed by atoms with Crippen LogP contribution in [0.3, 0.4) is 0 Å². The highest BCUT2D eigenvalue weighted by atomic mass is 35.5. The van der Waals surface area contributed by atoms with Crippen molar-refractivity contribution < 1.29 is 13.2 Å². The van der Waals surface area contributed by atoms with Crippen molar-refractivity contribution in [1.82, 2.24) is 25.1 Å². The van der Waals surface area contributed by atoms with Crippen molar-refractivity contribution in [2.24, 2.45) is 0 Å².